The van der Waals surface area contributed by atoms with Crippen LogP contribution in [-0.2, 0) is 22.4 Å². The summed E-state index contributed by atoms with van der Waals surface area (Å²) in [6, 6.07) is 15.4. The summed E-state index contributed by atoms with van der Waals surface area (Å²) in [7, 11) is 2.87. The standard InChI is InChI=1S/C35H34Cl2N6O5/c1-6-25(44)17-23-10-8-9-21(3)33(23)41-28-19-29(39-20-38-28)43(16-15-22-11-13-24(14-12-22)40-30(45)7-2)35(46)42-34-31(36)26(47-4)18-27(48-5)32(34)37/h6-14,18-20H,1-2,15-17H2,3-5H3,(H,40,45)(H,42,46)(H,38,39,41). The third-order valence-electron chi connectivity index (χ3n) is 7.22. The van der Waals surface area contributed by atoms with Gasteiger partial charge in [0.25, 0.3) is 0 Å². The smallest absolute Gasteiger partial charge is 0.327 e. The van der Waals surface area contributed by atoms with Crippen molar-refractivity contribution in [3.63, 3.8) is 0 Å². The van der Waals surface area contributed by atoms with Crippen LogP contribution >= 0.6 is 23.2 Å². The molecule has 0 saturated heterocycles. The molecule has 0 unspecified atom stereocenters. The number of anilines is 5. The number of aromatic nitrogens is 2. The van der Waals surface area contributed by atoms with Crippen molar-refractivity contribution in [2.75, 3.05) is 41.6 Å². The quantitative estimate of drug-likeness (QED) is 0.116. The molecule has 3 aromatic carbocycles. The molecule has 0 atom stereocenters. The first-order chi connectivity index (χ1) is 23.1. The summed E-state index contributed by atoms with van der Waals surface area (Å²) in [6.07, 6.45) is 4.36. The van der Waals surface area contributed by atoms with Crippen LogP contribution in [-0.4, -0.2) is 48.5 Å². The lowest BCUT2D eigenvalue weighted by Gasteiger charge is -2.24. The highest BCUT2D eigenvalue weighted by atomic mass is 35.5. The fourth-order valence-electron chi connectivity index (χ4n) is 4.68. The van der Waals surface area contributed by atoms with E-state index in [1.54, 1.807) is 18.2 Å². The number of hydrogen-bond acceptors (Lipinski definition) is 8. The van der Waals surface area contributed by atoms with E-state index in [2.05, 4.69) is 39.1 Å². The number of amides is 3. The maximum absolute atomic E-state index is 14.0. The van der Waals surface area contributed by atoms with E-state index in [0.29, 0.717) is 23.6 Å². The average Bonchev–Trinajstić information content (AvgIpc) is 3.09. The number of benzene rings is 3. The number of rotatable bonds is 14. The number of halogens is 2. The Labute approximate surface area is 288 Å². The van der Waals surface area contributed by atoms with Crippen LogP contribution in [0.15, 0.2) is 86.2 Å². The van der Waals surface area contributed by atoms with Gasteiger partial charge < -0.3 is 25.4 Å². The molecule has 1 heterocycles. The minimum atomic E-state index is -0.596. The number of urea groups is 1. The largest absolute Gasteiger partial charge is 0.495 e. The third-order valence-corrected chi connectivity index (χ3v) is 7.97. The molecule has 248 valence electrons. The Morgan fingerprint density at radius 2 is 1.58 bits per heavy atom. The van der Waals surface area contributed by atoms with Gasteiger partial charge in [0.2, 0.25) is 5.91 Å². The van der Waals surface area contributed by atoms with Crippen LogP contribution in [0.5, 0.6) is 11.5 Å². The molecule has 0 bridgehead atoms. The van der Waals surface area contributed by atoms with Gasteiger partial charge >= 0.3 is 6.03 Å². The number of nitrogens with one attached hydrogen (secondary N) is 3. The molecule has 3 N–H and O–H groups in total. The van der Waals surface area contributed by atoms with Gasteiger partial charge in [-0.2, -0.15) is 0 Å². The Kier molecular flexibility index (Phi) is 12.1. The third kappa shape index (κ3) is 8.69. The molecule has 3 amide bonds. The number of hydrogen-bond donors (Lipinski definition) is 3. The molecular formula is C35H34Cl2N6O5. The van der Waals surface area contributed by atoms with Crippen molar-refractivity contribution < 1.29 is 23.9 Å². The van der Waals surface area contributed by atoms with Crippen molar-refractivity contribution in [3.05, 3.63) is 113 Å². The van der Waals surface area contributed by atoms with Gasteiger partial charge in [-0.05, 0) is 54.3 Å². The molecule has 1 aromatic heterocycles. The molecule has 0 saturated carbocycles. The molecule has 0 aliphatic carbocycles. The lowest BCUT2D eigenvalue weighted by Crippen LogP contribution is -2.37. The Balaban J connectivity index is 1.68. The van der Waals surface area contributed by atoms with E-state index >= 15 is 0 Å². The molecule has 4 rings (SSSR count). The van der Waals surface area contributed by atoms with Gasteiger partial charge in [-0.3, -0.25) is 14.5 Å². The predicted molar refractivity (Wildman–Crippen MR) is 190 cm³/mol. The molecule has 0 radical (unpaired) electrons. The maximum Gasteiger partial charge on any atom is 0.327 e. The van der Waals surface area contributed by atoms with Crippen LogP contribution in [0.2, 0.25) is 10.0 Å². The zero-order valence-corrected chi connectivity index (χ0v) is 28.1. The molecule has 0 spiro atoms. The lowest BCUT2D eigenvalue weighted by atomic mass is 10.0. The van der Waals surface area contributed by atoms with Gasteiger partial charge in [0.05, 0.1) is 19.9 Å². The molecule has 0 aliphatic heterocycles. The first-order valence-corrected chi connectivity index (χ1v) is 15.4. The zero-order chi connectivity index (χ0) is 34.8. The number of carbonyl (C=O) groups excluding carboxylic acids is 3. The van der Waals surface area contributed by atoms with Crippen molar-refractivity contribution in [2.45, 2.75) is 19.8 Å². The first kappa shape index (κ1) is 35.5. The van der Waals surface area contributed by atoms with Crippen molar-refractivity contribution in [3.8, 4) is 11.5 Å². The molecule has 13 heteroatoms. The fraction of sp³-hybridized carbons (Fsp3) is 0.171. The number of carbonyl (C=O) groups is 3. The summed E-state index contributed by atoms with van der Waals surface area (Å²) in [6.45, 7) is 9.12. The highest BCUT2D eigenvalue weighted by Crippen LogP contribution is 2.44. The molecular weight excluding hydrogens is 655 g/mol. The number of aryl methyl sites for hydroxylation is 1. The second-order valence-corrected chi connectivity index (χ2v) is 11.1. The predicted octanol–water partition coefficient (Wildman–Crippen LogP) is 7.56. The van der Waals surface area contributed by atoms with Gasteiger partial charge in [0.15, 0.2) is 5.78 Å². The van der Waals surface area contributed by atoms with Gasteiger partial charge in [-0.15, -0.1) is 0 Å². The summed E-state index contributed by atoms with van der Waals surface area (Å²) >= 11 is 13.1. The van der Waals surface area contributed by atoms with E-state index in [9.17, 15) is 14.4 Å². The summed E-state index contributed by atoms with van der Waals surface area (Å²) in [5.41, 5.74) is 3.94. The molecule has 11 nitrogen and oxygen atoms in total. The normalized spacial score (nSPS) is 10.4. The minimum Gasteiger partial charge on any atom is -0.495 e. The van der Waals surface area contributed by atoms with Crippen LogP contribution < -0.4 is 30.3 Å². The topological polar surface area (TPSA) is 135 Å². The van der Waals surface area contributed by atoms with Crippen molar-refractivity contribution in [1.82, 2.24) is 9.97 Å². The van der Waals surface area contributed by atoms with E-state index < -0.39 is 6.03 Å². The van der Waals surface area contributed by atoms with Crippen LogP contribution in [0.4, 0.5) is 33.5 Å². The number of para-hydroxylation sites is 1. The number of ether oxygens (including phenoxy) is 2. The summed E-state index contributed by atoms with van der Waals surface area (Å²) < 4.78 is 10.7. The maximum atomic E-state index is 14.0. The van der Waals surface area contributed by atoms with E-state index in [4.69, 9.17) is 32.7 Å². The Morgan fingerprint density at radius 1 is 0.896 bits per heavy atom. The molecule has 4 aromatic rings. The van der Waals surface area contributed by atoms with Gasteiger partial charge in [0.1, 0.15) is 39.5 Å². The van der Waals surface area contributed by atoms with Crippen LogP contribution in [0.1, 0.15) is 16.7 Å². The molecule has 0 aliphatic rings. The molecule has 48 heavy (non-hydrogen) atoms. The van der Waals surface area contributed by atoms with E-state index in [1.807, 2.05) is 37.3 Å². The Hall–Kier alpha value is -5.39. The van der Waals surface area contributed by atoms with Crippen LogP contribution in [0.3, 0.4) is 0 Å². The SMILES string of the molecule is C=CC(=O)Cc1cccc(C)c1Nc1cc(N(CCc2ccc(NC(=O)C=C)cc2)C(=O)Nc2c(Cl)c(OC)cc(OC)c2Cl)ncn1. The fourth-order valence-corrected chi connectivity index (χ4v) is 5.28. The number of methoxy groups -OCH3 is 2. The summed E-state index contributed by atoms with van der Waals surface area (Å²) in [5.74, 6) is 0.703. The minimum absolute atomic E-state index is 0.0833. The summed E-state index contributed by atoms with van der Waals surface area (Å²) in [5, 5.41) is 8.96. The Bertz CT molecular complexity index is 1820. The zero-order valence-electron chi connectivity index (χ0n) is 26.6. The first-order valence-electron chi connectivity index (χ1n) is 14.6. The van der Waals surface area contributed by atoms with E-state index in [1.165, 1.54) is 43.7 Å². The van der Waals surface area contributed by atoms with Crippen LogP contribution in [0.25, 0.3) is 0 Å². The monoisotopic (exact) mass is 688 g/mol. The van der Waals surface area contributed by atoms with Gasteiger partial charge in [-0.25, -0.2) is 14.8 Å². The van der Waals surface area contributed by atoms with Crippen molar-refractivity contribution in [1.29, 1.82) is 0 Å². The van der Waals surface area contributed by atoms with Crippen LogP contribution in [0, 0.1) is 6.92 Å². The second kappa shape index (κ2) is 16.4. The lowest BCUT2D eigenvalue weighted by molar-refractivity contribution is -0.114. The van der Waals surface area contributed by atoms with E-state index in [0.717, 1.165) is 16.7 Å². The highest BCUT2D eigenvalue weighted by molar-refractivity contribution is 6.41. The number of allylic oxidation sites excluding steroid dienone is 1. The number of ketones is 1. The van der Waals surface area contributed by atoms with Gasteiger partial charge in [0, 0.05) is 36.5 Å². The number of nitrogens with zero attached hydrogens (tertiary/aromatic N) is 3. The Morgan fingerprint density at radius 3 is 2.21 bits per heavy atom. The van der Waals surface area contributed by atoms with Crippen molar-refractivity contribution in [2.24, 2.45) is 0 Å². The molecule has 0 fully saturated rings. The average molecular weight is 690 g/mol. The highest BCUT2D eigenvalue weighted by Gasteiger charge is 2.24. The second-order valence-electron chi connectivity index (χ2n) is 10.3. The van der Waals surface area contributed by atoms with Crippen molar-refractivity contribution >= 4 is 69.6 Å². The van der Waals surface area contributed by atoms with E-state index in [-0.39, 0.29) is 57.7 Å². The summed E-state index contributed by atoms with van der Waals surface area (Å²) in [4.78, 5) is 48.1. The van der Waals surface area contributed by atoms with Gasteiger partial charge in [-0.1, -0.05) is 66.7 Å².